The quantitative estimate of drug-likeness (QED) is 0.569. The summed E-state index contributed by atoms with van der Waals surface area (Å²) in [6.45, 7) is 5.25. The van der Waals surface area contributed by atoms with E-state index in [1.165, 1.54) is 25.7 Å². The molecule has 0 aromatic heterocycles. The van der Waals surface area contributed by atoms with Gasteiger partial charge in [0.1, 0.15) is 0 Å². The molecule has 0 bridgehead atoms. The third-order valence-corrected chi connectivity index (χ3v) is 1.76. The highest BCUT2D eigenvalue weighted by molar-refractivity contribution is 4.61. The summed E-state index contributed by atoms with van der Waals surface area (Å²) in [6, 6.07) is 0. The van der Waals surface area contributed by atoms with Crippen molar-refractivity contribution in [3.8, 4) is 0 Å². The van der Waals surface area contributed by atoms with Gasteiger partial charge in [0.25, 0.3) is 0 Å². The van der Waals surface area contributed by atoms with Gasteiger partial charge in [-0.2, -0.15) is 0 Å². The molecule has 0 aromatic rings. The van der Waals surface area contributed by atoms with E-state index in [1.54, 1.807) is 0 Å². The van der Waals surface area contributed by atoms with Crippen LogP contribution in [-0.4, -0.2) is 30.2 Å². The van der Waals surface area contributed by atoms with Crippen molar-refractivity contribution < 1.29 is 5.11 Å². The van der Waals surface area contributed by atoms with Crippen LogP contribution in [0.2, 0.25) is 0 Å². The Labute approximate surface area is 70.2 Å². The minimum atomic E-state index is 0.157. The average Bonchev–Trinajstić information content (AvgIpc) is 1.99. The Morgan fingerprint density at radius 3 is 2.55 bits per heavy atom. The van der Waals surface area contributed by atoms with E-state index in [1.807, 2.05) is 13.6 Å². The third kappa shape index (κ3) is 7.82. The third-order valence-electron chi connectivity index (χ3n) is 1.76. The van der Waals surface area contributed by atoms with Gasteiger partial charge in [0.05, 0.1) is 13.2 Å². The minimum absolute atomic E-state index is 0.157. The zero-order valence-corrected chi connectivity index (χ0v) is 7.71. The standard InChI is InChI=1S/C9H20NO/c1-3-4-5-6-7-10(2)8-9-11/h8,11H,3-7,9H2,1-2H3. The molecule has 0 unspecified atom stereocenters. The molecule has 0 atom stereocenters. The molecule has 0 aliphatic carbocycles. The monoisotopic (exact) mass is 158 g/mol. The van der Waals surface area contributed by atoms with Crippen LogP contribution in [0.1, 0.15) is 32.6 Å². The van der Waals surface area contributed by atoms with Crippen LogP contribution in [0.5, 0.6) is 0 Å². The second-order valence-corrected chi connectivity index (χ2v) is 2.91. The van der Waals surface area contributed by atoms with Gasteiger partial charge in [0.2, 0.25) is 0 Å². The molecule has 1 N–H and O–H groups in total. The van der Waals surface area contributed by atoms with Crippen molar-refractivity contribution in [1.29, 1.82) is 0 Å². The molecule has 0 saturated heterocycles. The van der Waals surface area contributed by atoms with Gasteiger partial charge in [0, 0.05) is 0 Å². The van der Waals surface area contributed by atoms with Gasteiger partial charge in [-0.15, -0.1) is 0 Å². The molecule has 0 saturated carbocycles. The first-order valence-electron chi connectivity index (χ1n) is 4.45. The maximum Gasteiger partial charge on any atom is 0.0602 e. The molecular weight excluding hydrogens is 138 g/mol. The van der Waals surface area contributed by atoms with Crippen molar-refractivity contribution >= 4 is 0 Å². The lowest BCUT2D eigenvalue weighted by Gasteiger charge is -2.13. The molecule has 2 heteroatoms. The van der Waals surface area contributed by atoms with E-state index >= 15 is 0 Å². The van der Waals surface area contributed by atoms with Crippen LogP contribution in [0.25, 0.3) is 0 Å². The molecule has 67 valence electrons. The SMILES string of the molecule is CCCCCCN(C)[CH]CO. The Morgan fingerprint density at radius 2 is 2.00 bits per heavy atom. The molecule has 11 heavy (non-hydrogen) atoms. The lowest BCUT2D eigenvalue weighted by molar-refractivity contribution is 0.264. The van der Waals surface area contributed by atoms with Crippen LogP contribution in [0, 0.1) is 6.54 Å². The lowest BCUT2D eigenvalue weighted by atomic mass is 10.2. The maximum atomic E-state index is 8.54. The van der Waals surface area contributed by atoms with Crippen LogP contribution in [0.4, 0.5) is 0 Å². The molecule has 0 heterocycles. The Bertz CT molecular complexity index is 76.0. The average molecular weight is 158 g/mol. The summed E-state index contributed by atoms with van der Waals surface area (Å²) in [5.41, 5.74) is 0. The summed E-state index contributed by atoms with van der Waals surface area (Å²) in [4.78, 5) is 2.05. The van der Waals surface area contributed by atoms with Gasteiger partial charge < -0.3 is 5.11 Å². The van der Waals surface area contributed by atoms with Crippen LogP contribution in [0.3, 0.4) is 0 Å². The highest BCUT2D eigenvalue weighted by Crippen LogP contribution is 2.00. The van der Waals surface area contributed by atoms with Crippen molar-refractivity contribution in [3.05, 3.63) is 6.54 Å². The molecule has 0 spiro atoms. The van der Waals surface area contributed by atoms with E-state index in [0.29, 0.717) is 0 Å². The largest absolute Gasteiger partial charge is 0.395 e. The number of unbranched alkanes of at least 4 members (excludes halogenated alkanes) is 3. The van der Waals surface area contributed by atoms with Crippen molar-refractivity contribution in [2.24, 2.45) is 0 Å². The Morgan fingerprint density at radius 1 is 1.27 bits per heavy atom. The van der Waals surface area contributed by atoms with E-state index < -0.39 is 0 Å². The molecule has 0 aliphatic rings. The van der Waals surface area contributed by atoms with Crippen LogP contribution < -0.4 is 0 Å². The molecule has 1 radical (unpaired) electrons. The summed E-state index contributed by atoms with van der Waals surface area (Å²) in [6.07, 6.45) is 5.15. The van der Waals surface area contributed by atoms with Gasteiger partial charge in [0.15, 0.2) is 0 Å². The van der Waals surface area contributed by atoms with E-state index in [4.69, 9.17) is 5.11 Å². The van der Waals surface area contributed by atoms with E-state index in [-0.39, 0.29) is 6.61 Å². The fourth-order valence-electron chi connectivity index (χ4n) is 1.02. The minimum Gasteiger partial charge on any atom is -0.395 e. The Balaban J connectivity index is 2.97. The molecule has 0 amide bonds. The number of likely N-dealkylation sites (N-methyl/N-ethyl adjacent to an activating group) is 1. The van der Waals surface area contributed by atoms with Gasteiger partial charge in [-0.05, 0) is 20.0 Å². The van der Waals surface area contributed by atoms with Crippen LogP contribution >= 0.6 is 0 Å². The molecule has 0 rings (SSSR count). The topological polar surface area (TPSA) is 23.5 Å². The first kappa shape index (κ1) is 10.9. The second-order valence-electron chi connectivity index (χ2n) is 2.91. The smallest absolute Gasteiger partial charge is 0.0602 e. The van der Waals surface area contributed by atoms with E-state index in [9.17, 15) is 0 Å². The predicted molar refractivity (Wildman–Crippen MR) is 48.2 cm³/mol. The van der Waals surface area contributed by atoms with Gasteiger partial charge in [-0.3, -0.25) is 4.90 Å². The van der Waals surface area contributed by atoms with Crippen molar-refractivity contribution in [3.63, 3.8) is 0 Å². The first-order valence-corrected chi connectivity index (χ1v) is 4.45. The summed E-state index contributed by atoms with van der Waals surface area (Å²) in [7, 11) is 2.00. The highest BCUT2D eigenvalue weighted by Gasteiger charge is 1.95. The predicted octanol–water partition coefficient (Wildman–Crippen LogP) is 1.65. The Kier molecular flexibility index (Phi) is 7.96. The number of aliphatic hydroxyl groups excluding tert-OH is 1. The number of hydrogen-bond acceptors (Lipinski definition) is 2. The number of rotatable bonds is 7. The van der Waals surface area contributed by atoms with E-state index in [2.05, 4.69) is 11.8 Å². The van der Waals surface area contributed by atoms with E-state index in [0.717, 1.165) is 6.54 Å². The number of hydrogen-bond donors (Lipinski definition) is 1. The van der Waals surface area contributed by atoms with Gasteiger partial charge in [-0.25, -0.2) is 0 Å². The molecule has 0 aliphatic heterocycles. The number of nitrogens with zero attached hydrogens (tertiary/aromatic N) is 1. The van der Waals surface area contributed by atoms with Crippen LogP contribution in [-0.2, 0) is 0 Å². The lowest BCUT2D eigenvalue weighted by Crippen LogP contribution is -2.18. The summed E-state index contributed by atoms with van der Waals surface area (Å²) in [5, 5.41) is 8.54. The zero-order chi connectivity index (χ0) is 8.53. The maximum absolute atomic E-state index is 8.54. The summed E-state index contributed by atoms with van der Waals surface area (Å²) < 4.78 is 0. The second kappa shape index (κ2) is 8.02. The zero-order valence-electron chi connectivity index (χ0n) is 7.71. The van der Waals surface area contributed by atoms with Crippen LogP contribution in [0.15, 0.2) is 0 Å². The van der Waals surface area contributed by atoms with Crippen molar-refractivity contribution in [2.75, 3.05) is 20.2 Å². The Hall–Kier alpha value is -0.0800. The van der Waals surface area contributed by atoms with Crippen molar-refractivity contribution in [2.45, 2.75) is 32.6 Å². The summed E-state index contributed by atoms with van der Waals surface area (Å²) in [5.74, 6) is 0. The van der Waals surface area contributed by atoms with Gasteiger partial charge >= 0.3 is 0 Å². The fraction of sp³-hybridized carbons (Fsp3) is 0.889. The fourth-order valence-corrected chi connectivity index (χ4v) is 1.02. The molecule has 0 aromatic carbocycles. The number of aliphatic hydroxyl groups is 1. The van der Waals surface area contributed by atoms with Crippen molar-refractivity contribution in [1.82, 2.24) is 4.90 Å². The first-order chi connectivity index (χ1) is 5.31. The molecular formula is C9H20NO. The molecule has 2 nitrogen and oxygen atoms in total. The normalized spacial score (nSPS) is 10.9. The highest BCUT2D eigenvalue weighted by atomic mass is 16.3. The van der Waals surface area contributed by atoms with Gasteiger partial charge in [-0.1, -0.05) is 26.2 Å². The summed E-state index contributed by atoms with van der Waals surface area (Å²) >= 11 is 0. The molecule has 0 fully saturated rings.